The first kappa shape index (κ1) is 13.1. The second-order valence-corrected chi connectivity index (χ2v) is 6.81. The molecule has 0 bridgehead atoms. The fourth-order valence-corrected chi connectivity index (χ4v) is 3.26. The zero-order chi connectivity index (χ0) is 13.5. The summed E-state index contributed by atoms with van der Waals surface area (Å²) in [6, 6.07) is 0.747. The smallest absolute Gasteiger partial charge is 0.105 e. The molecule has 1 N–H and O–H groups in total. The Labute approximate surface area is 116 Å². The predicted octanol–water partition coefficient (Wildman–Crippen LogP) is 1.65. The van der Waals surface area contributed by atoms with Gasteiger partial charge in [0.05, 0.1) is 0 Å². The number of hydrogen-bond acceptors (Lipinski definition) is 3. The molecule has 0 aromatic carbocycles. The minimum Gasteiger partial charge on any atom is -0.334 e. The molecule has 4 nitrogen and oxygen atoms in total. The van der Waals surface area contributed by atoms with E-state index in [2.05, 4.69) is 46.7 Å². The van der Waals surface area contributed by atoms with Crippen molar-refractivity contribution >= 4 is 0 Å². The number of aryl methyl sites for hydroxylation is 1. The van der Waals surface area contributed by atoms with Gasteiger partial charge in [0.25, 0.3) is 0 Å². The Bertz CT molecular complexity index is 433. The molecule has 1 saturated carbocycles. The summed E-state index contributed by atoms with van der Waals surface area (Å²) >= 11 is 0. The molecule has 1 aliphatic carbocycles. The Balaban J connectivity index is 1.63. The van der Waals surface area contributed by atoms with Gasteiger partial charge in [0, 0.05) is 50.2 Å². The molecule has 0 amide bonds. The molecule has 106 valence electrons. The van der Waals surface area contributed by atoms with Crippen LogP contribution in [0.15, 0.2) is 12.4 Å². The Morgan fingerprint density at radius 1 is 1.37 bits per heavy atom. The van der Waals surface area contributed by atoms with Crippen molar-refractivity contribution < 1.29 is 0 Å². The lowest BCUT2D eigenvalue weighted by molar-refractivity contribution is 0.0793. The van der Waals surface area contributed by atoms with Crippen molar-refractivity contribution in [3.05, 3.63) is 18.2 Å². The third-order valence-electron chi connectivity index (χ3n) is 4.58. The normalized spacial score (nSPS) is 27.6. The van der Waals surface area contributed by atoms with E-state index in [4.69, 9.17) is 0 Å². The maximum absolute atomic E-state index is 4.31. The first-order chi connectivity index (χ1) is 9.05. The zero-order valence-corrected chi connectivity index (χ0v) is 12.4. The van der Waals surface area contributed by atoms with Crippen LogP contribution in [0, 0.1) is 12.8 Å². The molecule has 2 heterocycles. The summed E-state index contributed by atoms with van der Waals surface area (Å²) in [5, 5.41) is 3.70. The second-order valence-electron chi connectivity index (χ2n) is 6.81. The topological polar surface area (TPSA) is 33.1 Å². The average Bonchev–Trinajstić information content (AvgIpc) is 3.09. The molecule has 19 heavy (non-hydrogen) atoms. The predicted molar refractivity (Wildman–Crippen MR) is 77.1 cm³/mol. The van der Waals surface area contributed by atoms with Gasteiger partial charge in [0.1, 0.15) is 5.82 Å². The summed E-state index contributed by atoms with van der Waals surface area (Å²) in [5.41, 5.74) is 0.245. The molecule has 4 heteroatoms. The van der Waals surface area contributed by atoms with Crippen LogP contribution in [0.25, 0.3) is 0 Å². The molecule has 3 rings (SSSR count). The molecule has 1 aromatic heterocycles. The van der Waals surface area contributed by atoms with E-state index in [0.29, 0.717) is 0 Å². The van der Waals surface area contributed by atoms with E-state index < -0.39 is 0 Å². The molecule has 0 spiro atoms. The van der Waals surface area contributed by atoms with Crippen LogP contribution in [-0.2, 0) is 6.54 Å². The van der Waals surface area contributed by atoms with Crippen LogP contribution < -0.4 is 5.32 Å². The van der Waals surface area contributed by atoms with Gasteiger partial charge in [-0.15, -0.1) is 0 Å². The molecular formula is C15H26N4. The number of nitrogens with zero attached hydrogens (tertiary/aromatic N) is 3. The van der Waals surface area contributed by atoms with Crippen molar-refractivity contribution in [1.82, 2.24) is 19.8 Å². The Kier molecular flexibility index (Phi) is 3.39. The number of piperazine rings is 1. The number of aromatic nitrogens is 2. The van der Waals surface area contributed by atoms with Crippen molar-refractivity contribution in [3.63, 3.8) is 0 Å². The monoisotopic (exact) mass is 262 g/mol. The highest BCUT2D eigenvalue weighted by atomic mass is 15.3. The SMILES string of the molecule is Cc1nccn1CCN1CC(C)(C)NCC1C1CC1. The van der Waals surface area contributed by atoms with Crippen LogP contribution >= 0.6 is 0 Å². The number of hydrogen-bond donors (Lipinski definition) is 1. The van der Waals surface area contributed by atoms with Gasteiger partial charge in [0.2, 0.25) is 0 Å². The Morgan fingerprint density at radius 3 is 2.79 bits per heavy atom. The Hall–Kier alpha value is -0.870. The first-order valence-corrected chi connectivity index (χ1v) is 7.52. The molecule has 1 aliphatic heterocycles. The third-order valence-corrected chi connectivity index (χ3v) is 4.58. The highest BCUT2D eigenvalue weighted by Gasteiger charge is 2.40. The summed E-state index contributed by atoms with van der Waals surface area (Å²) in [6.45, 7) is 11.2. The lowest BCUT2D eigenvalue weighted by Crippen LogP contribution is -2.62. The largest absolute Gasteiger partial charge is 0.334 e. The molecule has 2 aliphatic rings. The van der Waals surface area contributed by atoms with E-state index >= 15 is 0 Å². The van der Waals surface area contributed by atoms with E-state index in [0.717, 1.165) is 44.0 Å². The van der Waals surface area contributed by atoms with Crippen LogP contribution in [-0.4, -0.2) is 45.7 Å². The lowest BCUT2D eigenvalue weighted by atomic mass is 9.96. The van der Waals surface area contributed by atoms with Gasteiger partial charge in [-0.05, 0) is 39.5 Å². The van der Waals surface area contributed by atoms with E-state index in [-0.39, 0.29) is 5.54 Å². The second kappa shape index (κ2) is 4.91. The summed E-state index contributed by atoms with van der Waals surface area (Å²) in [4.78, 5) is 7.01. The van der Waals surface area contributed by atoms with Crippen LogP contribution in [0.2, 0.25) is 0 Å². The standard InChI is InChI=1S/C15H26N4/c1-12-16-6-7-18(12)8-9-19-11-15(2,3)17-10-14(19)13-4-5-13/h6-7,13-14,17H,4-5,8-11H2,1-3H3. The van der Waals surface area contributed by atoms with Gasteiger partial charge in [0.15, 0.2) is 0 Å². The van der Waals surface area contributed by atoms with E-state index in [9.17, 15) is 0 Å². The van der Waals surface area contributed by atoms with Crippen molar-refractivity contribution in [2.75, 3.05) is 19.6 Å². The zero-order valence-electron chi connectivity index (χ0n) is 12.4. The van der Waals surface area contributed by atoms with Crippen LogP contribution in [0.5, 0.6) is 0 Å². The highest BCUT2D eigenvalue weighted by molar-refractivity contribution is 4.98. The maximum Gasteiger partial charge on any atom is 0.105 e. The summed E-state index contributed by atoms with van der Waals surface area (Å²) < 4.78 is 2.26. The van der Waals surface area contributed by atoms with Crippen molar-refractivity contribution in [3.8, 4) is 0 Å². The molecular weight excluding hydrogens is 236 g/mol. The minimum absolute atomic E-state index is 0.245. The van der Waals surface area contributed by atoms with Gasteiger partial charge in [-0.2, -0.15) is 0 Å². The quantitative estimate of drug-likeness (QED) is 0.896. The van der Waals surface area contributed by atoms with Gasteiger partial charge in [-0.25, -0.2) is 4.98 Å². The van der Waals surface area contributed by atoms with Crippen molar-refractivity contribution in [2.45, 2.75) is 51.7 Å². The average molecular weight is 262 g/mol. The fourth-order valence-electron chi connectivity index (χ4n) is 3.26. The third kappa shape index (κ3) is 3.00. The maximum atomic E-state index is 4.31. The summed E-state index contributed by atoms with van der Waals surface area (Å²) in [7, 11) is 0. The van der Waals surface area contributed by atoms with Crippen molar-refractivity contribution in [2.24, 2.45) is 5.92 Å². The van der Waals surface area contributed by atoms with Crippen LogP contribution in [0.3, 0.4) is 0 Å². The van der Waals surface area contributed by atoms with Crippen LogP contribution in [0.4, 0.5) is 0 Å². The lowest BCUT2D eigenvalue weighted by Gasteiger charge is -2.45. The highest BCUT2D eigenvalue weighted by Crippen LogP contribution is 2.37. The van der Waals surface area contributed by atoms with E-state index in [1.54, 1.807) is 0 Å². The van der Waals surface area contributed by atoms with Gasteiger partial charge in [-0.1, -0.05) is 0 Å². The number of rotatable bonds is 4. The van der Waals surface area contributed by atoms with Crippen LogP contribution in [0.1, 0.15) is 32.5 Å². The number of nitrogens with one attached hydrogen (secondary N) is 1. The minimum atomic E-state index is 0.245. The molecule has 1 saturated heterocycles. The molecule has 1 atom stereocenters. The fraction of sp³-hybridized carbons (Fsp3) is 0.800. The summed E-state index contributed by atoms with van der Waals surface area (Å²) in [5.74, 6) is 2.06. The van der Waals surface area contributed by atoms with Gasteiger partial charge >= 0.3 is 0 Å². The summed E-state index contributed by atoms with van der Waals surface area (Å²) in [6.07, 6.45) is 6.84. The van der Waals surface area contributed by atoms with Gasteiger partial charge in [-0.3, -0.25) is 4.90 Å². The molecule has 1 aromatic rings. The van der Waals surface area contributed by atoms with E-state index in [1.165, 1.54) is 12.8 Å². The number of imidazole rings is 1. The molecule has 0 radical (unpaired) electrons. The van der Waals surface area contributed by atoms with E-state index in [1.807, 2.05) is 6.20 Å². The first-order valence-electron chi connectivity index (χ1n) is 7.52. The molecule has 2 fully saturated rings. The van der Waals surface area contributed by atoms with Crippen molar-refractivity contribution in [1.29, 1.82) is 0 Å². The molecule has 1 unspecified atom stereocenters. The Morgan fingerprint density at radius 2 is 2.16 bits per heavy atom. The van der Waals surface area contributed by atoms with Gasteiger partial charge < -0.3 is 9.88 Å².